The number of carbonyl (C=O) groups is 1. The Kier molecular flexibility index (Phi) is 9.05. The quantitative estimate of drug-likeness (QED) is 0.122. The van der Waals surface area contributed by atoms with E-state index in [0.717, 1.165) is 12.1 Å². The number of halogens is 5. The second kappa shape index (κ2) is 12.5. The number of benzene rings is 3. The number of esters is 1. The average Bonchev–Trinajstić information content (AvgIpc) is 3.37. The van der Waals surface area contributed by atoms with E-state index in [9.17, 15) is 18.0 Å². The molecule has 1 aromatic heterocycles. The molecule has 0 unspecified atom stereocenters. The minimum absolute atomic E-state index is 0.0888. The van der Waals surface area contributed by atoms with Crippen LogP contribution in [0.2, 0.25) is 10.0 Å². The van der Waals surface area contributed by atoms with Crippen molar-refractivity contribution in [3.8, 4) is 10.6 Å². The van der Waals surface area contributed by atoms with Crippen molar-refractivity contribution < 1.29 is 27.5 Å². The van der Waals surface area contributed by atoms with Gasteiger partial charge in [0.15, 0.2) is 0 Å². The van der Waals surface area contributed by atoms with Crippen molar-refractivity contribution in [2.75, 3.05) is 18.5 Å². The van der Waals surface area contributed by atoms with Crippen molar-refractivity contribution >= 4 is 57.0 Å². The summed E-state index contributed by atoms with van der Waals surface area (Å²) in [6, 6.07) is 16.5. The van der Waals surface area contributed by atoms with Crippen molar-refractivity contribution in [2.24, 2.45) is 5.16 Å². The first-order valence-electron chi connectivity index (χ1n) is 11.3. The molecule has 202 valence electrons. The lowest BCUT2D eigenvalue weighted by atomic mass is 9.99. The molecule has 13 heteroatoms. The molecule has 0 aliphatic rings. The molecule has 3 aromatic carbocycles. The van der Waals surface area contributed by atoms with E-state index >= 15 is 0 Å². The maximum Gasteiger partial charge on any atom is 0.416 e. The zero-order valence-electron chi connectivity index (χ0n) is 20.1. The van der Waals surface area contributed by atoms with E-state index in [0.29, 0.717) is 37.0 Å². The summed E-state index contributed by atoms with van der Waals surface area (Å²) in [4.78, 5) is 16.8. The molecule has 0 amide bonds. The molecule has 1 heterocycles. The number of anilines is 2. The molecular weight excluding hydrogens is 576 g/mol. The lowest BCUT2D eigenvalue weighted by Gasteiger charge is -2.12. The molecule has 0 aliphatic heterocycles. The Balaban J connectivity index is 1.65. The first-order valence-corrected chi connectivity index (χ1v) is 12.9. The van der Waals surface area contributed by atoms with Crippen LogP contribution in [-0.4, -0.2) is 35.1 Å². The van der Waals surface area contributed by atoms with E-state index in [1.165, 1.54) is 23.5 Å². The number of alkyl halides is 3. The van der Waals surface area contributed by atoms with E-state index in [1.807, 2.05) is 0 Å². The minimum atomic E-state index is -4.56. The highest BCUT2D eigenvalue weighted by Gasteiger charge is 2.31. The summed E-state index contributed by atoms with van der Waals surface area (Å²) in [5.41, 5.74) is 1.12. The molecule has 0 radical (unpaired) electrons. The molecule has 0 bridgehead atoms. The van der Waals surface area contributed by atoms with Crippen molar-refractivity contribution in [3.05, 3.63) is 93.5 Å². The van der Waals surface area contributed by atoms with Crippen molar-refractivity contribution in [2.45, 2.75) is 13.1 Å². The number of oxime groups is 1. The van der Waals surface area contributed by atoms with Crippen molar-refractivity contribution in [3.63, 3.8) is 0 Å². The third-order valence-corrected chi connectivity index (χ3v) is 6.71. The third kappa shape index (κ3) is 7.47. The van der Waals surface area contributed by atoms with Crippen LogP contribution in [-0.2, 0) is 20.5 Å². The second-order valence-electron chi connectivity index (χ2n) is 7.84. The molecule has 0 fully saturated rings. The topological polar surface area (TPSA) is 85.7 Å². The Hall–Kier alpha value is -3.67. The Bertz CT molecular complexity index is 1510. The second-order valence-corrected chi connectivity index (χ2v) is 9.64. The monoisotopic (exact) mass is 594 g/mol. The highest BCUT2D eigenvalue weighted by molar-refractivity contribution is 7.18. The summed E-state index contributed by atoms with van der Waals surface area (Å²) < 4.78 is 45.0. The van der Waals surface area contributed by atoms with Gasteiger partial charge in [-0.05, 0) is 43.3 Å². The van der Waals surface area contributed by atoms with Crippen LogP contribution >= 0.6 is 34.5 Å². The van der Waals surface area contributed by atoms with Gasteiger partial charge in [-0.2, -0.15) is 13.2 Å². The number of ether oxygens (including phenoxy) is 1. The Morgan fingerprint density at radius 2 is 1.74 bits per heavy atom. The van der Waals surface area contributed by atoms with Gasteiger partial charge in [0.1, 0.15) is 10.7 Å². The van der Waals surface area contributed by atoms with Gasteiger partial charge in [-0.3, -0.25) is 0 Å². The summed E-state index contributed by atoms with van der Waals surface area (Å²) in [5.74, 6) is -0.658. The summed E-state index contributed by atoms with van der Waals surface area (Å²) >= 11 is 13.3. The Morgan fingerprint density at radius 1 is 1.00 bits per heavy atom. The van der Waals surface area contributed by atoms with Gasteiger partial charge in [-0.25, -0.2) is 4.79 Å². The number of carbonyl (C=O) groups excluding carboxylic acids is 1. The standard InChI is InChI=1S/C26H19Cl2F3N4O3S/c1-2-37-22(36)14-38-35-23(16-6-4-8-18(12-16)26(29,30)31)15-5-3-7-17(11-15)24-33-34-25(39-24)32-19-9-10-20(27)21(28)13-19/h3-13H,2,14H2,1H3,(H,32,34)/b35-23-. The van der Waals surface area contributed by atoms with Gasteiger partial charge >= 0.3 is 12.1 Å². The molecule has 4 rings (SSSR count). The van der Waals surface area contributed by atoms with E-state index in [4.69, 9.17) is 32.8 Å². The zero-order valence-corrected chi connectivity index (χ0v) is 22.5. The van der Waals surface area contributed by atoms with Gasteiger partial charge < -0.3 is 14.9 Å². The van der Waals surface area contributed by atoms with Crippen LogP contribution in [0, 0.1) is 0 Å². The normalized spacial score (nSPS) is 11.8. The van der Waals surface area contributed by atoms with Gasteiger partial charge in [-0.15, -0.1) is 10.2 Å². The van der Waals surface area contributed by atoms with Gasteiger partial charge in [0, 0.05) is 22.4 Å². The smallest absolute Gasteiger partial charge is 0.416 e. The maximum atomic E-state index is 13.4. The van der Waals surface area contributed by atoms with Gasteiger partial charge in [-0.1, -0.05) is 70.0 Å². The van der Waals surface area contributed by atoms with E-state index < -0.39 is 24.3 Å². The van der Waals surface area contributed by atoms with Crippen LogP contribution in [0.15, 0.2) is 71.9 Å². The first-order chi connectivity index (χ1) is 18.6. The molecule has 0 spiro atoms. The zero-order chi connectivity index (χ0) is 28.0. The van der Waals surface area contributed by atoms with Crippen LogP contribution in [0.25, 0.3) is 10.6 Å². The van der Waals surface area contributed by atoms with E-state index in [-0.39, 0.29) is 17.9 Å². The lowest BCUT2D eigenvalue weighted by Crippen LogP contribution is -2.13. The minimum Gasteiger partial charge on any atom is -0.463 e. The fraction of sp³-hybridized carbons (Fsp3) is 0.154. The van der Waals surface area contributed by atoms with Crippen LogP contribution in [0.4, 0.5) is 24.0 Å². The molecule has 0 saturated heterocycles. The molecule has 1 N–H and O–H groups in total. The van der Waals surface area contributed by atoms with Gasteiger partial charge in [0.2, 0.25) is 11.7 Å². The Labute approximate surface area is 235 Å². The predicted molar refractivity (Wildman–Crippen MR) is 145 cm³/mol. The van der Waals surface area contributed by atoms with Gasteiger partial charge in [0.25, 0.3) is 0 Å². The SMILES string of the molecule is CCOC(=O)CO/N=C(/c1cccc(-c2nnc(Nc3ccc(Cl)c(Cl)c3)s2)c1)c1cccc(C(F)(F)F)c1. The lowest BCUT2D eigenvalue weighted by molar-refractivity contribution is -0.148. The van der Waals surface area contributed by atoms with E-state index in [1.54, 1.807) is 49.4 Å². The largest absolute Gasteiger partial charge is 0.463 e. The summed E-state index contributed by atoms with van der Waals surface area (Å²) in [5, 5.41) is 17.3. The van der Waals surface area contributed by atoms with Crippen LogP contribution < -0.4 is 5.32 Å². The third-order valence-electron chi connectivity index (χ3n) is 5.09. The first kappa shape index (κ1) is 28.3. The highest BCUT2D eigenvalue weighted by atomic mass is 35.5. The van der Waals surface area contributed by atoms with Crippen LogP contribution in [0.3, 0.4) is 0 Å². The van der Waals surface area contributed by atoms with Crippen LogP contribution in [0.5, 0.6) is 0 Å². The number of hydrogen-bond donors (Lipinski definition) is 1. The summed E-state index contributed by atoms with van der Waals surface area (Å²) in [6.07, 6.45) is -4.56. The molecular formula is C26H19Cl2F3N4O3S. The Morgan fingerprint density at radius 3 is 2.46 bits per heavy atom. The van der Waals surface area contributed by atoms with Gasteiger partial charge in [0.05, 0.1) is 22.2 Å². The molecule has 7 nitrogen and oxygen atoms in total. The molecule has 0 saturated carbocycles. The molecule has 39 heavy (non-hydrogen) atoms. The number of rotatable bonds is 9. The molecule has 0 atom stereocenters. The van der Waals surface area contributed by atoms with E-state index in [2.05, 4.69) is 20.7 Å². The molecule has 4 aromatic rings. The fourth-order valence-corrected chi connectivity index (χ4v) is 4.41. The number of hydrogen-bond acceptors (Lipinski definition) is 8. The van der Waals surface area contributed by atoms with Crippen molar-refractivity contribution in [1.29, 1.82) is 0 Å². The van der Waals surface area contributed by atoms with Crippen LogP contribution in [0.1, 0.15) is 23.6 Å². The number of nitrogens with one attached hydrogen (secondary N) is 1. The number of aromatic nitrogens is 2. The number of nitrogens with zero attached hydrogens (tertiary/aromatic N) is 3. The highest BCUT2D eigenvalue weighted by Crippen LogP contribution is 2.33. The fourth-order valence-electron chi connectivity index (χ4n) is 3.35. The predicted octanol–water partition coefficient (Wildman–Crippen LogP) is 7.61. The maximum absolute atomic E-state index is 13.4. The average molecular weight is 595 g/mol. The summed E-state index contributed by atoms with van der Waals surface area (Å²) in [7, 11) is 0. The molecule has 0 aliphatic carbocycles. The summed E-state index contributed by atoms with van der Waals surface area (Å²) in [6.45, 7) is 1.29. The van der Waals surface area contributed by atoms with Crippen molar-refractivity contribution in [1.82, 2.24) is 10.2 Å².